The van der Waals surface area contributed by atoms with Crippen LogP contribution in [0.5, 0.6) is 0 Å². The molecule has 0 aliphatic rings. The molecule has 0 bridgehead atoms. The molecule has 0 spiro atoms. The van der Waals surface area contributed by atoms with Crippen molar-refractivity contribution in [1.29, 1.82) is 0 Å². The average molecular weight is 376 g/mol. The van der Waals surface area contributed by atoms with Crippen molar-refractivity contribution in [3.63, 3.8) is 0 Å². The molecule has 7 heteroatoms. The Hall–Kier alpha value is -2.09. The Labute approximate surface area is 150 Å². The van der Waals surface area contributed by atoms with Crippen LogP contribution in [0.25, 0.3) is 21.8 Å². The molecule has 0 saturated carbocycles. The highest BCUT2D eigenvalue weighted by Crippen LogP contribution is 2.29. The Bertz CT molecular complexity index is 967. The van der Waals surface area contributed by atoms with Crippen molar-refractivity contribution in [2.45, 2.75) is 6.42 Å². The second-order valence-electron chi connectivity index (χ2n) is 5.66. The summed E-state index contributed by atoms with van der Waals surface area (Å²) in [6.45, 7) is 0.374. The second-order valence-corrected chi connectivity index (χ2v) is 8.35. The molecule has 3 rings (SSSR count). The topological polar surface area (TPSA) is 59.1 Å². The summed E-state index contributed by atoms with van der Waals surface area (Å²) in [7, 11) is -3.16. The molecule has 2 aromatic carbocycles. The number of sulfonamides is 1. The minimum Gasteiger partial charge on any atom is -0.236 e. The molecule has 0 radical (unpaired) electrons. The number of hydrogen-bond donors (Lipinski definition) is 1. The molecule has 0 saturated heterocycles. The fourth-order valence-corrected chi connectivity index (χ4v) is 3.68. The van der Waals surface area contributed by atoms with E-state index in [4.69, 9.17) is 0 Å². The zero-order valence-corrected chi connectivity index (χ0v) is 15.2. The number of halogens is 1. The van der Waals surface area contributed by atoms with Gasteiger partial charge in [-0.25, -0.2) is 22.5 Å². The lowest BCUT2D eigenvalue weighted by Gasteiger charge is -2.04. The first-order valence-corrected chi connectivity index (χ1v) is 10.4. The Kier molecular flexibility index (Phi) is 5.27. The molecule has 25 heavy (non-hydrogen) atoms. The van der Waals surface area contributed by atoms with Crippen LogP contribution in [0, 0.1) is 5.82 Å². The van der Waals surface area contributed by atoms with E-state index in [0.29, 0.717) is 13.0 Å². The van der Waals surface area contributed by atoms with Gasteiger partial charge in [-0.2, -0.15) is 0 Å². The summed E-state index contributed by atoms with van der Waals surface area (Å²) >= 11 is 1.47. The molecule has 0 fully saturated rings. The molecule has 0 aliphatic heterocycles. The maximum atomic E-state index is 13.3. The highest BCUT2D eigenvalue weighted by atomic mass is 32.2. The largest absolute Gasteiger partial charge is 0.236 e. The van der Waals surface area contributed by atoms with Gasteiger partial charge in [-0.3, -0.25) is 0 Å². The molecule has 0 unspecified atom stereocenters. The Morgan fingerprint density at radius 1 is 1.12 bits per heavy atom. The third kappa shape index (κ3) is 4.94. The lowest BCUT2D eigenvalue weighted by molar-refractivity contribution is 0.588. The van der Waals surface area contributed by atoms with Gasteiger partial charge >= 0.3 is 0 Å². The summed E-state index contributed by atoms with van der Waals surface area (Å²) in [6.07, 6.45) is 1.77. The normalized spacial score (nSPS) is 11.6. The van der Waals surface area contributed by atoms with Crippen LogP contribution in [0.1, 0.15) is 5.56 Å². The van der Waals surface area contributed by atoms with Gasteiger partial charge < -0.3 is 0 Å². The van der Waals surface area contributed by atoms with E-state index < -0.39 is 10.0 Å². The average Bonchev–Trinajstić information content (AvgIpc) is 3.04. The standard InChI is InChI=1S/C18H17FN2O2S2/c1-25(22,23)20-10-9-13-5-7-14(8-6-13)17-12-24-18(21-17)15-3-2-4-16(19)11-15/h2-8,11-12,20H,9-10H2,1H3. The molecule has 0 aliphatic carbocycles. The maximum absolute atomic E-state index is 13.3. The predicted molar refractivity (Wildman–Crippen MR) is 99.5 cm³/mol. The SMILES string of the molecule is CS(=O)(=O)NCCc1ccc(-c2csc(-c3cccc(F)c3)n2)cc1. The summed E-state index contributed by atoms with van der Waals surface area (Å²) in [5.41, 5.74) is 3.61. The molecule has 1 heterocycles. The minimum atomic E-state index is -3.16. The van der Waals surface area contributed by atoms with Gasteiger partial charge in [0, 0.05) is 23.1 Å². The number of benzene rings is 2. The predicted octanol–water partition coefficient (Wildman–Crippen LogP) is 3.71. The molecule has 0 amide bonds. The van der Waals surface area contributed by atoms with Crippen LogP contribution in [0.3, 0.4) is 0 Å². The van der Waals surface area contributed by atoms with Crippen LogP contribution in [0.4, 0.5) is 4.39 Å². The number of aromatic nitrogens is 1. The third-order valence-electron chi connectivity index (χ3n) is 3.60. The Morgan fingerprint density at radius 2 is 1.88 bits per heavy atom. The van der Waals surface area contributed by atoms with Crippen molar-refractivity contribution >= 4 is 21.4 Å². The van der Waals surface area contributed by atoms with E-state index >= 15 is 0 Å². The number of thiazole rings is 1. The molecular weight excluding hydrogens is 359 g/mol. The van der Waals surface area contributed by atoms with Crippen LogP contribution in [0.2, 0.25) is 0 Å². The van der Waals surface area contributed by atoms with E-state index in [0.717, 1.165) is 33.6 Å². The number of nitrogens with one attached hydrogen (secondary N) is 1. The van der Waals surface area contributed by atoms with E-state index in [1.165, 1.54) is 23.5 Å². The summed E-state index contributed by atoms with van der Waals surface area (Å²) in [6, 6.07) is 14.2. The number of hydrogen-bond acceptors (Lipinski definition) is 4. The van der Waals surface area contributed by atoms with Gasteiger partial charge in [-0.1, -0.05) is 36.4 Å². The molecule has 1 N–H and O–H groups in total. The third-order valence-corrected chi connectivity index (χ3v) is 5.22. The summed E-state index contributed by atoms with van der Waals surface area (Å²) in [4.78, 5) is 4.58. The van der Waals surface area contributed by atoms with Gasteiger partial charge in [0.25, 0.3) is 0 Å². The van der Waals surface area contributed by atoms with Crippen molar-refractivity contribution < 1.29 is 12.8 Å². The van der Waals surface area contributed by atoms with Crippen LogP contribution < -0.4 is 4.72 Å². The number of rotatable bonds is 6. The van der Waals surface area contributed by atoms with Gasteiger partial charge in [0.15, 0.2) is 0 Å². The Balaban J connectivity index is 1.71. The maximum Gasteiger partial charge on any atom is 0.208 e. The fraction of sp³-hybridized carbons (Fsp3) is 0.167. The molecule has 130 valence electrons. The minimum absolute atomic E-state index is 0.277. The second kappa shape index (κ2) is 7.43. The highest BCUT2D eigenvalue weighted by Gasteiger charge is 2.08. The van der Waals surface area contributed by atoms with E-state index in [-0.39, 0.29) is 5.82 Å². The quantitative estimate of drug-likeness (QED) is 0.713. The summed E-state index contributed by atoms with van der Waals surface area (Å²) in [5, 5.41) is 2.72. The van der Waals surface area contributed by atoms with Gasteiger partial charge in [-0.05, 0) is 24.1 Å². The van der Waals surface area contributed by atoms with Gasteiger partial charge in [0.2, 0.25) is 10.0 Å². The monoisotopic (exact) mass is 376 g/mol. The van der Waals surface area contributed by atoms with Crippen LogP contribution in [-0.2, 0) is 16.4 Å². The van der Waals surface area contributed by atoms with E-state index in [1.54, 1.807) is 6.07 Å². The lowest BCUT2D eigenvalue weighted by Crippen LogP contribution is -2.24. The Morgan fingerprint density at radius 3 is 2.56 bits per heavy atom. The fourth-order valence-electron chi connectivity index (χ4n) is 2.38. The smallest absolute Gasteiger partial charge is 0.208 e. The van der Waals surface area contributed by atoms with E-state index in [1.807, 2.05) is 35.7 Å². The molecule has 0 atom stereocenters. The van der Waals surface area contributed by atoms with Crippen molar-refractivity contribution in [2.75, 3.05) is 12.8 Å². The molecule has 4 nitrogen and oxygen atoms in total. The molecule has 3 aromatic rings. The van der Waals surface area contributed by atoms with Gasteiger partial charge in [0.1, 0.15) is 10.8 Å². The molecular formula is C18H17FN2O2S2. The number of nitrogens with zero attached hydrogens (tertiary/aromatic N) is 1. The van der Waals surface area contributed by atoms with E-state index in [9.17, 15) is 12.8 Å². The zero-order valence-electron chi connectivity index (χ0n) is 13.6. The van der Waals surface area contributed by atoms with E-state index in [2.05, 4.69) is 9.71 Å². The van der Waals surface area contributed by atoms with Crippen molar-refractivity contribution in [3.8, 4) is 21.8 Å². The van der Waals surface area contributed by atoms with Crippen molar-refractivity contribution in [3.05, 3.63) is 65.3 Å². The van der Waals surface area contributed by atoms with Crippen LogP contribution >= 0.6 is 11.3 Å². The highest BCUT2D eigenvalue weighted by molar-refractivity contribution is 7.88. The first kappa shape index (κ1) is 17.7. The van der Waals surface area contributed by atoms with Crippen molar-refractivity contribution in [1.82, 2.24) is 9.71 Å². The van der Waals surface area contributed by atoms with Gasteiger partial charge in [-0.15, -0.1) is 11.3 Å². The lowest BCUT2D eigenvalue weighted by atomic mass is 10.1. The van der Waals surface area contributed by atoms with Crippen LogP contribution in [0.15, 0.2) is 53.9 Å². The zero-order chi connectivity index (χ0) is 17.9. The summed E-state index contributed by atoms with van der Waals surface area (Å²) in [5.74, 6) is -0.277. The molecule has 1 aromatic heterocycles. The summed E-state index contributed by atoms with van der Waals surface area (Å²) < 4.78 is 37.9. The van der Waals surface area contributed by atoms with Gasteiger partial charge in [0.05, 0.1) is 11.9 Å². The van der Waals surface area contributed by atoms with Crippen molar-refractivity contribution in [2.24, 2.45) is 0 Å². The first-order chi connectivity index (χ1) is 11.9. The van der Waals surface area contributed by atoms with Crippen LogP contribution in [-0.4, -0.2) is 26.2 Å². The first-order valence-electron chi connectivity index (χ1n) is 7.66.